The molecule has 0 aromatic rings. The van der Waals surface area contributed by atoms with Crippen LogP contribution in [0.5, 0.6) is 0 Å². The Balaban J connectivity index is 1.79. The zero-order valence-corrected chi connectivity index (χ0v) is 11.4. The van der Waals surface area contributed by atoms with E-state index in [4.69, 9.17) is 10.6 Å². The van der Waals surface area contributed by atoms with Crippen LogP contribution >= 0.6 is 0 Å². The lowest BCUT2D eigenvalue weighted by atomic mass is 10.1. The van der Waals surface area contributed by atoms with Crippen molar-refractivity contribution in [2.75, 3.05) is 13.1 Å². The minimum Gasteiger partial charge on any atom is -0.364 e. The monoisotopic (exact) mass is 255 g/mol. The number of nitrogens with zero attached hydrogens (tertiary/aromatic N) is 1. The molecular formula is C13H25N3O2. The molecule has 1 aliphatic heterocycles. The van der Waals surface area contributed by atoms with Crippen LogP contribution in [0.2, 0.25) is 0 Å². The highest BCUT2D eigenvalue weighted by molar-refractivity contribution is 5.80. The van der Waals surface area contributed by atoms with Gasteiger partial charge in [0, 0.05) is 19.1 Å². The second-order valence-corrected chi connectivity index (χ2v) is 5.82. The van der Waals surface area contributed by atoms with Crippen molar-refractivity contribution in [1.29, 1.82) is 0 Å². The van der Waals surface area contributed by atoms with Gasteiger partial charge in [-0.15, -0.1) is 0 Å². The fourth-order valence-corrected chi connectivity index (χ4v) is 2.52. The summed E-state index contributed by atoms with van der Waals surface area (Å²) in [5.74, 6) is 5.82. The van der Waals surface area contributed by atoms with Gasteiger partial charge < -0.3 is 4.74 Å². The van der Waals surface area contributed by atoms with Gasteiger partial charge in [0.05, 0.1) is 6.10 Å². The highest BCUT2D eigenvalue weighted by atomic mass is 16.5. The second-order valence-electron chi connectivity index (χ2n) is 5.82. The molecule has 0 aromatic heterocycles. The third-order valence-electron chi connectivity index (χ3n) is 3.90. The van der Waals surface area contributed by atoms with Gasteiger partial charge in [0.1, 0.15) is 6.10 Å². The number of nitrogens with one attached hydrogen (secondary N) is 1. The number of carbonyl (C=O) groups is 1. The molecule has 2 unspecified atom stereocenters. The van der Waals surface area contributed by atoms with Crippen LogP contribution in [0.4, 0.5) is 0 Å². The van der Waals surface area contributed by atoms with E-state index in [1.165, 1.54) is 19.4 Å². The maximum Gasteiger partial charge on any atom is 0.263 e. The quantitative estimate of drug-likeness (QED) is 0.415. The van der Waals surface area contributed by atoms with Gasteiger partial charge in [-0.2, -0.15) is 0 Å². The SMILES string of the molecule is CC(C)N(CC1CC1)CC1CCC(C(=O)NN)O1. The Hall–Kier alpha value is -0.650. The van der Waals surface area contributed by atoms with Gasteiger partial charge in [0.15, 0.2) is 0 Å². The summed E-state index contributed by atoms with van der Waals surface area (Å²) >= 11 is 0. The summed E-state index contributed by atoms with van der Waals surface area (Å²) < 4.78 is 5.76. The number of hydrogen-bond donors (Lipinski definition) is 2. The number of hydrogen-bond acceptors (Lipinski definition) is 4. The summed E-state index contributed by atoms with van der Waals surface area (Å²) in [6.45, 7) is 6.55. The predicted molar refractivity (Wildman–Crippen MR) is 69.7 cm³/mol. The normalized spacial score (nSPS) is 28.1. The van der Waals surface area contributed by atoms with Crippen LogP contribution in [0.25, 0.3) is 0 Å². The Kier molecular flexibility index (Phi) is 4.59. The molecule has 1 aliphatic carbocycles. The summed E-state index contributed by atoms with van der Waals surface area (Å²) in [4.78, 5) is 13.9. The zero-order valence-electron chi connectivity index (χ0n) is 11.4. The molecule has 2 rings (SSSR count). The topological polar surface area (TPSA) is 67.6 Å². The van der Waals surface area contributed by atoms with E-state index in [2.05, 4.69) is 24.2 Å². The number of hydrazine groups is 1. The zero-order chi connectivity index (χ0) is 13.1. The van der Waals surface area contributed by atoms with Crippen LogP contribution in [0.1, 0.15) is 39.5 Å². The van der Waals surface area contributed by atoms with E-state index in [1.807, 2.05) is 0 Å². The molecule has 0 aromatic carbocycles. The fraction of sp³-hybridized carbons (Fsp3) is 0.923. The lowest BCUT2D eigenvalue weighted by molar-refractivity contribution is -0.132. The van der Waals surface area contributed by atoms with Crippen LogP contribution in [0.15, 0.2) is 0 Å². The highest BCUT2D eigenvalue weighted by Crippen LogP contribution is 2.31. The van der Waals surface area contributed by atoms with Crippen molar-refractivity contribution in [2.45, 2.75) is 57.8 Å². The Morgan fingerprint density at radius 2 is 2.06 bits per heavy atom. The maximum atomic E-state index is 11.4. The minimum absolute atomic E-state index is 0.174. The first-order chi connectivity index (χ1) is 8.60. The van der Waals surface area contributed by atoms with Gasteiger partial charge in [-0.1, -0.05) is 0 Å². The lowest BCUT2D eigenvalue weighted by Gasteiger charge is -2.29. The van der Waals surface area contributed by atoms with E-state index >= 15 is 0 Å². The van der Waals surface area contributed by atoms with Crippen molar-refractivity contribution in [3.05, 3.63) is 0 Å². The number of amides is 1. The Bertz CT molecular complexity index is 292. The van der Waals surface area contributed by atoms with Crippen molar-refractivity contribution in [3.8, 4) is 0 Å². The third kappa shape index (κ3) is 3.67. The molecule has 3 N–H and O–H groups in total. The van der Waals surface area contributed by atoms with Crippen molar-refractivity contribution in [3.63, 3.8) is 0 Å². The van der Waals surface area contributed by atoms with Crippen molar-refractivity contribution < 1.29 is 9.53 Å². The molecule has 0 spiro atoms. The minimum atomic E-state index is -0.352. The molecular weight excluding hydrogens is 230 g/mol. The van der Waals surface area contributed by atoms with Crippen LogP contribution in [0.3, 0.4) is 0 Å². The lowest BCUT2D eigenvalue weighted by Crippen LogP contribution is -2.41. The average molecular weight is 255 g/mol. The van der Waals surface area contributed by atoms with E-state index in [0.29, 0.717) is 6.04 Å². The van der Waals surface area contributed by atoms with E-state index < -0.39 is 0 Å². The molecule has 0 radical (unpaired) electrons. The van der Waals surface area contributed by atoms with Crippen molar-refractivity contribution in [1.82, 2.24) is 10.3 Å². The number of nitrogens with two attached hydrogens (primary N) is 1. The van der Waals surface area contributed by atoms with Crippen LogP contribution in [-0.2, 0) is 9.53 Å². The Labute approximate surface area is 109 Å². The Morgan fingerprint density at radius 1 is 1.33 bits per heavy atom. The first-order valence-corrected chi connectivity index (χ1v) is 7.00. The molecule has 5 nitrogen and oxygen atoms in total. The second kappa shape index (κ2) is 5.99. The van der Waals surface area contributed by atoms with E-state index in [-0.39, 0.29) is 18.1 Å². The van der Waals surface area contributed by atoms with Gasteiger partial charge in [-0.25, -0.2) is 5.84 Å². The van der Waals surface area contributed by atoms with E-state index in [1.54, 1.807) is 0 Å². The Morgan fingerprint density at radius 3 is 2.61 bits per heavy atom. The molecule has 1 saturated heterocycles. The van der Waals surface area contributed by atoms with Gasteiger partial charge in [0.2, 0.25) is 0 Å². The molecule has 1 saturated carbocycles. The van der Waals surface area contributed by atoms with Gasteiger partial charge >= 0.3 is 0 Å². The van der Waals surface area contributed by atoms with E-state index in [9.17, 15) is 4.79 Å². The van der Waals surface area contributed by atoms with Gasteiger partial charge in [-0.05, 0) is 45.4 Å². The van der Waals surface area contributed by atoms with Crippen LogP contribution < -0.4 is 11.3 Å². The highest BCUT2D eigenvalue weighted by Gasteiger charge is 2.33. The first kappa shape index (κ1) is 13.8. The summed E-state index contributed by atoms with van der Waals surface area (Å²) in [6, 6.07) is 0.539. The van der Waals surface area contributed by atoms with Crippen molar-refractivity contribution >= 4 is 5.91 Å². The molecule has 18 heavy (non-hydrogen) atoms. The third-order valence-corrected chi connectivity index (χ3v) is 3.90. The largest absolute Gasteiger partial charge is 0.364 e. The molecule has 0 bridgehead atoms. The smallest absolute Gasteiger partial charge is 0.263 e. The number of carbonyl (C=O) groups excluding carboxylic acids is 1. The molecule has 1 amide bonds. The molecule has 1 heterocycles. The number of ether oxygens (including phenoxy) is 1. The standard InChI is InChI=1S/C13H25N3O2/c1-9(2)16(7-10-3-4-10)8-11-5-6-12(18-11)13(17)15-14/h9-12H,3-8,14H2,1-2H3,(H,15,17). The van der Waals surface area contributed by atoms with Gasteiger partial charge in [0.25, 0.3) is 5.91 Å². The molecule has 104 valence electrons. The summed E-state index contributed by atoms with van der Waals surface area (Å²) in [6.07, 6.45) is 4.29. The summed E-state index contributed by atoms with van der Waals surface area (Å²) in [7, 11) is 0. The predicted octanol–water partition coefficient (Wildman–Crippen LogP) is 0.644. The molecule has 2 aliphatic rings. The average Bonchev–Trinajstić information content (AvgIpc) is 3.04. The van der Waals surface area contributed by atoms with Crippen LogP contribution in [0, 0.1) is 5.92 Å². The fourth-order valence-electron chi connectivity index (χ4n) is 2.52. The molecule has 5 heteroatoms. The van der Waals surface area contributed by atoms with Crippen LogP contribution in [-0.4, -0.2) is 42.1 Å². The van der Waals surface area contributed by atoms with Crippen molar-refractivity contribution in [2.24, 2.45) is 11.8 Å². The van der Waals surface area contributed by atoms with E-state index in [0.717, 1.165) is 25.3 Å². The maximum absolute atomic E-state index is 11.4. The molecule has 2 fully saturated rings. The summed E-state index contributed by atoms with van der Waals surface area (Å²) in [5.41, 5.74) is 2.17. The molecule has 2 atom stereocenters. The summed E-state index contributed by atoms with van der Waals surface area (Å²) in [5, 5.41) is 0. The van der Waals surface area contributed by atoms with Gasteiger partial charge in [-0.3, -0.25) is 15.1 Å². The first-order valence-electron chi connectivity index (χ1n) is 7.00. The number of rotatable bonds is 6.